The minimum Gasteiger partial charge on any atom is -0.481 e. The number of carboxylic acid groups (broad SMARTS) is 1. The molecular weight excluding hydrogens is 180 g/mol. The average molecular weight is 192 g/mol. The van der Waals surface area contributed by atoms with Crippen molar-refractivity contribution in [3.63, 3.8) is 0 Å². The topological polar surface area (TPSA) is 71.4 Å². The first-order valence-corrected chi connectivity index (χ1v) is 5.75. The number of sulfone groups is 1. The zero-order chi connectivity index (χ0) is 9.35. The Morgan fingerprint density at radius 2 is 2.00 bits per heavy atom. The molecule has 1 rings (SSSR count). The van der Waals surface area contributed by atoms with Crippen molar-refractivity contribution >= 4 is 15.8 Å². The van der Waals surface area contributed by atoms with Gasteiger partial charge in [0.05, 0.1) is 5.25 Å². The second-order valence-electron chi connectivity index (χ2n) is 3.39. The highest BCUT2D eigenvalue weighted by molar-refractivity contribution is 7.91. The number of hydrogen-bond acceptors (Lipinski definition) is 3. The predicted octanol–water partition coefficient (Wildman–Crippen LogP) is 0.284. The Morgan fingerprint density at radius 3 is 2.33 bits per heavy atom. The molecule has 0 aromatic heterocycles. The zero-order valence-corrected chi connectivity index (χ0v) is 7.67. The molecule has 0 atom stereocenters. The van der Waals surface area contributed by atoms with E-state index in [4.69, 9.17) is 5.11 Å². The van der Waals surface area contributed by atoms with Crippen LogP contribution in [0.4, 0.5) is 0 Å². The van der Waals surface area contributed by atoms with Crippen molar-refractivity contribution in [1.82, 2.24) is 0 Å². The van der Waals surface area contributed by atoms with Crippen molar-refractivity contribution in [3.8, 4) is 0 Å². The SMILES string of the molecule is CS(=O)(=O)C1CC(CC(=O)O)C1. The monoisotopic (exact) mass is 192 g/mol. The van der Waals surface area contributed by atoms with Crippen molar-refractivity contribution in [1.29, 1.82) is 0 Å². The lowest BCUT2D eigenvalue weighted by Crippen LogP contribution is -2.36. The Bertz CT molecular complexity index is 274. The third kappa shape index (κ3) is 2.20. The van der Waals surface area contributed by atoms with Crippen LogP contribution in [0, 0.1) is 5.92 Å². The van der Waals surface area contributed by atoms with Crippen molar-refractivity contribution in [3.05, 3.63) is 0 Å². The number of carbonyl (C=O) groups is 1. The molecule has 5 heteroatoms. The summed E-state index contributed by atoms with van der Waals surface area (Å²) in [5, 5.41) is 8.10. The molecule has 0 amide bonds. The summed E-state index contributed by atoms with van der Waals surface area (Å²) in [6, 6.07) is 0. The van der Waals surface area contributed by atoms with E-state index < -0.39 is 15.8 Å². The van der Waals surface area contributed by atoms with Gasteiger partial charge >= 0.3 is 5.97 Å². The van der Waals surface area contributed by atoms with Crippen LogP contribution in [0.1, 0.15) is 19.3 Å². The maximum atomic E-state index is 10.9. The summed E-state index contributed by atoms with van der Waals surface area (Å²) in [5.41, 5.74) is 0. The van der Waals surface area contributed by atoms with E-state index in [0.29, 0.717) is 12.8 Å². The molecule has 0 radical (unpaired) electrons. The molecule has 70 valence electrons. The summed E-state index contributed by atoms with van der Waals surface area (Å²) in [5.74, 6) is -0.769. The largest absolute Gasteiger partial charge is 0.481 e. The van der Waals surface area contributed by atoms with Gasteiger partial charge in [0.15, 0.2) is 0 Å². The molecule has 0 spiro atoms. The van der Waals surface area contributed by atoms with E-state index in [2.05, 4.69) is 0 Å². The van der Waals surface area contributed by atoms with E-state index in [9.17, 15) is 13.2 Å². The minimum absolute atomic E-state index is 0.0715. The predicted molar refractivity (Wildman–Crippen MR) is 43.6 cm³/mol. The lowest BCUT2D eigenvalue weighted by molar-refractivity contribution is -0.138. The molecule has 1 aliphatic carbocycles. The first-order valence-electron chi connectivity index (χ1n) is 3.80. The van der Waals surface area contributed by atoms with Crippen molar-refractivity contribution < 1.29 is 18.3 Å². The summed E-state index contributed by atoms with van der Waals surface area (Å²) < 4.78 is 21.8. The molecule has 1 N–H and O–H groups in total. The van der Waals surface area contributed by atoms with Gasteiger partial charge in [-0.15, -0.1) is 0 Å². The highest BCUT2D eigenvalue weighted by atomic mass is 32.2. The number of carboxylic acids is 1. The third-order valence-electron chi connectivity index (χ3n) is 2.26. The molecule has 0 heterocycles. The molecule has 4 nitrogen and oxygen atoms in total. The molecule has 0 aliphatic heterocycles. The molecule has 0 aromatic rings. The normalized spacial score (nSPS) is 29.4. The van der Waals surface area contributed by atoms with Gasteiger partial charge in [-0.25, -0.2) is 8.42 Å². The lowest BCUT2D eigenvalue weighted by Gasteiger charge is -2.32. The molecule has 0 aromatic carbocycles. The van der Waals surface area contributed by atoms with Gasteiger partial charge in [0.1, 0.15) is 9.84 Å². The van der Waals surface area contributed by atoms with Crippen LogP contribution in [-0.2, 0) is 14.6 Å². The zero-order valence-electron chi connectivity index (χ0n) is 6.86. The van der Waals surface area contributed by atoms with Gasteiger partial charge in [-0.2, -0.15) is 0 Å². The van der Waals surface area contributed by atoms with Gasteiger partial charge in [-0.3, -0.25) is 4.79 Å². The van der Waals surface area contributed by atoms with E-state index in [1.54, 1.807) is 0 Å². The second kappa shape index (κ2) is 3.05. The molecule has 0 unspecified atom stereocenters. The maximum Gasteiger partial charge on any atom is 0.303 e. The quantitative estimate of drug-likeness (QED) is 0.697. The van der Waals surface area contributed by atoms with E-state index in [1.807, 2.05) is 0 Å². The van der Waals surface area contributed by atoms with E-state index in [0.717, 1.165) is 0 Å². The summed E-state index contributed by atoms with van der Waals surface area (Å²) >= 11 is 0. The summed E-state index contributed by atoms with van der Waals surface area (Å²) in [6.07, 6.45) is 2.34. The minimum atomic E-state index is -2.93. The third-order valence-corrected chi connectivity index (χ3v) is 3.86. The van der Waals surface area contributed by atoms with Crippen LogP contribution in [0.2, 0.25) is 0 Å². The highest BCUT2D eigenvalue weighted by Gasteiger charge is 2.36. The fraction of sp³-hybridized carbons (Fsp3) is 0.857. The molecule has 12 heavy (non-hydrogen) atoms. The molecular formula is C7H12O4S. The Balaban J connectivity index is 2.34. The van der Waals surface area contributed by atoms with Crippen LogP contribution >= 0.6 is 0 Å². The summed E-state index contributed by atoms with van der Waals surface area (Å²) in [4.78, 5) is 10.2. The first-order chi connectivity index (χ1) is 5.39. The van der Waals surface area contributed by atoms with Crippen molar-refractivity contribution in [2.24, 2.45) is 5.92 Å². The van der Waals surface area contributed by atoms with Crippen molar-refractivity contribution in [2.75, 3.05) is 6.26 Å². The van der Waals surface area contributed by atoms with Crippen LogP contribution in [0.25, 0.3) is 0 Å². The Labute approximate surface area is 71.5 Å². The van der Waals surface area contributed by atoms with Gasteiger partial charge in [-0.1, -0.05) is 0 Å². The Kier molecular flexibility index (Phi) is 2.41. The lowest BCUT2D eigenvalue weighted by atomic mass is 9.82. The molecule has 0 bridgehead atoms. The molecule has 0 saturated heterocycles. The number of rotatable bonds is 3. The summed E-state index contributed by atoms with van der Waals surface area (Å²) in [7, 11) is -2.93. The Morgan fingerprint density at radius 1 is 1.50 bits per heavy atom. The fourth-order valence-corrected chi connectivity index (χ4v) is 2.68. The van der Waals surface area contributed by atoms with E-state index >= 15 is 0 Å². The number of aliphatic carboxylic acids is 1. The smallest absolute Gasteiger partial charge is 0.303 e. The van der Waals surface area contributed by atoms with Crippen molar-refractivity contribution in [2.45, 2.75) is 24.5 Å². The van der Waals surface area contributed by atoms with E-state index in [1.165, 1.54) is 6.26 Å². The summed E-state index contributed by atoms with van der Waals surface area (Å²) in [6.45, 7) is 0. The van der Waals surface area contributed by atoms with Crippen LogP contribution < -0.4 is 0 Å². The maximum absolute atomic E-state index is 10.9. The first kappa shape index (κ1) is 9.51. The van der Waals surface area contributed by atoms with Gasteiger partial charge in [0, 0.05) is 12.7 Å². The van der Waals surface area contributed by atoms with Crippen LogP contribution in [0.15, 0.2) is 0 Å². The molecule has 1 fully saturated rings. The van der Waals surface area contributed by atoms with Gasteiger partial charge < -0.3 is 5.11 Å². The number of hydrogen-bond donors (Lipinski definition) is 1. The van der Waals surface area contributed by atoms with Crippen LogP contribution in [-0.4, -0.2) is 31.0 Å². The van der Waals surface area contributed by atoms with Gasteiger partial charge in [-0.05, 0) is 18.8 Å². The standard InChI is InChI=1S/C7H12O4S/c1-12(10,11)6-2-5(3-6)4-7(8)9/h5-6H,2-4H2,1H3,(H,8,9). The van der Waals surface area contributed by atoms with Crippen LogP contribution in [0.5, 0.6) is 0 Å². The molecule has 1 aliphatic rings. The average Bonchev–Trinajstić information content (AvgIpc) is 1.73. The second-order valence-corrected chi connectivity index (χ2v) is 5.71. The Hall–Kier alpha value is -0.580. The highest BCUT2D eigenvalue weighted by Crippen LogP contribution is 2.34. The fourth-order valence-electron chi connectivity index (χ4n) is 1.44. The van der Waals surface area contributed by atoms with E-state index in [-0.39, 0.29) is 17.6 Å². The van der Waals surface area contributed by atoms with Gasteiger partial charge in [0.25, 0.3) is 0 Å². The van der Waals surface area contributed by atoms with Crippen LogP contribution in [0.3, 0.4) is 0 Å². The molecule has 1 saturated carbocycles. The van der Waals surface area contributed by atoms with Gasteiger partial charge in [0.2, 0.25) is 0 Å².